The molecule has 0 radical (unpaired) electrons. The number of hydrogen-bond donors (Lipinski definition) is 0. The van der Waals surface area contributed by atoms with Crippen LogP contribution in [0.5, 0.6) is 0 Å². The zero-order valence-corrected chi connectivity index (χ0v) is 14.4. The first-order valence-corrected chi connectivity index (χ1v) is 9.01. The molecule has 0 fully saturated rings. The quantitative estimate of drug-likeness (QED) is 0.411. The van der Waals surface area contributed by atoms with Crippen molar-refractivity contribution < 1.29 is 4.79 Å². The number of rotatable bonds is 8. The van der Waals surface area contributed by atoms with Crippen molar-refractivity contribution in [1.82, 2.24) is 4.90 Å². The van der Waals surface area contributed by atoms with Crippen LogP contribution in [0.3, 0.4) is 0 Å². The Balaban J connectivity index is 2.80. The number of unbranched alkanes of at least 4 members (excludes halogenated alkanes) is 1. The molecule has 0 aliphatic heterocycles. The van der Waals surface area contributed by atoms with Crippen LogP contribution in [-0.4, -0.2) is 38.9 Å². The molecule has 0 bridgehead atoms. The van der Waals surface area contributed by atoms with Gasteiger partial charge >= 0.3 is 133 Å². The Morgan fingerprint density at radius 2 is 1.95 bits per heavy atom. The molecule has 0 aliphatic rings. The minimum absolute atomic E-state index is 0.0877. The molecule has 21 heavy (non-hydrogen) atoms. The molecule has 0 heterocycles. The van der Waals surface area contributed by atoms with Crippen molar-refractivity contribution in [2.24, 2.45) is 0 Å². The molecule has 1 aromatic rings. The van der Waals surface area contributed by atoms with Gasteiger partial charge in [-0.05, 0) is 0 Å². The molecule has 0 N–H and O–H groups in total. The SMILES string of the molecule is CCN(CC)C(=O)/C=C(/CCCC#N)[Se]c1ccccc1. The third kappa shape index (κ3) is 6.62. The molecule has 0 aliphatic carbocycles. The molecule has 0 unspecified atom stereocenters. The van der Waals surface area contributed by atoms with Crippen LogP contribution in [0.2, 0.25) is 0 Å². The number of carbonyl (C=O) groups is 1. The van der Waals surface area contributed by atoms with Crippen LogP contribution >= 0.6 is 0 Å². The molecule has 112 valence electrons. The van der Waals surface area contributed by atoms with E-state index in [2.05, 4.69) is 18.2 Å². The van der Waals surface area contributed by atoms with E-state index in [4.69, 9.17) is 5.26 Å². The predicted octanol–water partition coefficient (Wildman–Crippen LogP) is 2.46. The molecule has 1 rings (SSSR count). The van der Waals surface area contributed by atoms with Crippen molar-refractivity contribution in [2.45, 2.75) is 33.1 Å². The van der Waals surface area contributed by atoms with Crippen molar-refractivity contribution >= 4 is 25.3 Å². The predicted molar refractivity (Wildman–Crippen MR) is 87.3 cm³/mol. The summed E-state index contributed by atoms with van der Waals surface area (Å²) in [6.45, 7) is 5.45. The number of likely N-dealkylation sites (N-methyl/N-ethyl adjacent to an activating group) is 1. The molecule has 1 amide bonds. The standard InChI is InChI=1S/C17H22N2OSe/c1-3-19(4-2)17(20)14-16(12-8-9-13-18)21-15-10-6-5-7-11-15/h5-7,10-11,14H,3-4,8-9,12H2,1-2H3/b16-14-. The number of carbonyl (C=O) groups excluding carboxylic acids is 1. The van der Waals surface area contributed by atoms with E-state index in [9.17, 15) is 4.79 Å². The number of nitrogens with zero attached hydrogens (tertiary/aromatic N) is 2. The fraction of sp³-hybridized carbons (Fsp3) is 0.412. The maximum absolute atomic E-state index is 12.2. The van der Waals surface area contributed by atoms with Gasteiger partial charge in [-0.15, -0.1) is 0 Å². The fourth-order valence-corrected chi connectivity index (χ4v) is 4.00. The minimum atomic E-state index is 0.0877. The van der Waals surface area contributed by atoms with Gasteiger partial charge in [0.05, 0.1) is 0 Å². The molecule has 0 saturated carbocycles. The van der Waals surface area contributed by atoms with Gasteiger partial charge in [-0.3, -0.25) is 0 Å². The molecular weight excluding hydrogens is 327 g/mol. The van der Waals surface area contributed by atoms with Crippen molar-refractivity contribution in [3.8, 4) is 6.07 Å². The second kappa shape index (κ2) is 10.2. The van der Waals surface area contributed by atoms with Gasteiger partial charge < -0.3 is 0 Å². The average molecular weight is 349 g/mol. The second-order valence-corrected chi connectivity index (χ2v) is 7.07. The third-order valence-electron chi connectivity index (χ3n) is 3.06. The summed E-state index contributed by atoms with van der Waals surface area (Å²) in [7, 11) is 0. The molecule has 3 nitrogen and oxygen atoms in total. The maximum atomic E-state index is 12.2. The van der Waals surface area contributed by atoms with Gasteiger partial charge in [0.15, 0.2) is 0 Å². The average Bonchev–Trinajstić information content (AvgIpc) is 2.49. The summed E-state index contributed by atoms with van der Waals surface area (Å²) in [6, 6.07) is 12.4. The Morgan fingerprint density at radius 1 is 1.29 bits per heavy atom. The van der Waals surface area contributed by atoms with E-state index in [1.165, 1.54) is 8.93 Å². The van der Waals surface area contributed by atoms with Crippen LogP contribution in [0.4, 0.5) is 0 Å². The van der Waals surface area contributed by atoms with Gasteiger partial charge in [-0.25, -0.2) is 0 Å². The zero-order chi connectivity index (χ0) is 15.5. The van der Waals surface area contributed by atoms with Crippen molar-refractivity contribution in [2.75, 3.05) is 13.1 Å². The molecule has 0 saturated heterocycles. The fourth-order valence-electron chi connectivity index (χ4n) is 1.90. The first kappa shape index (κ1) is 17.5. The van der Waals surface area contributed by atoms with Crippen LogP contribution in [0.15, 0.2) is 40.9 Å². The van der Waals surface area contributed by atoms with E-state index in [1.807, 2.05) is 36.9 Å². The Bertz CT molecular complexity index is 501. The topological polar surface area (TPSA) is 44.1 Å². The van der Waals surface area contributed by atoms with Crippen LogP contribution in [0.25, 0.3) is 0 Å². The number of nitriles is 1. The first-order valence-electron chi connectivity index (χ1n) is 7.30. The Kier molecular flexibility index (Phi) is 8.50. The summed E-state index contributed by atoms with van der Waals surface area (Å²) in [5, 5.41) is 8.68. The van der Waals surface area contributed by atoms with E-state index in [-0.39, 0.29) is 20.9 Å². The van der Waals surface area contributed by atoms with E-state index in [0.29, 0.717) is 6.42 Å². The third-order valence-corrected chi connectivity index (χ3v) is 5.35. The normalized spacial score (nSPS) is 11.0. The number of hydrogen-bond acceptors (Lipinski definition) is 2. The summed E-state index contributed by atoms with van der Waals surface area (Å²) >= 11 is 0.152. The molecule has 4 heteroatoms. The Morgan fingerprint density at radius 3 is 2.52 bits per heavy atom. The van der Waals surface area contributed by atoms with Crippen molar-refractivity contribution in [3.63, 3.8) is 0 Å². The van der Waals surface area contributed by atoms with Crippen LogP contribution in [0, 0.1) is 11.3 Å². The molecule has 1 aromatic carbocycles. The second-order valence-electron chi connectivity index (χ2n) is 4.55. The van der Waals surface area contributed by atoms with Gasteiger partial charge in [-0.1, -0.05) is 0 Å². The molecule has 0 spiro atoms. The molecule has 0 atom stereocenters. The van der Waals surface area contributed by atoms with E-state index in [1.54, 1.807) is 6.08 Å². The summed E-state index contributed by atoms with van der Waals surface area (Å²) in [6.07, 6.45) is 3.98. The summed E-state index contributed by atoms with van der Waals surface area (Å²) in [5.74, 6) is 0.0877. The van der Waals surface area contributed by atoms with Crippen molar-refractivity contribution in [3.05, 3.63) is 40.9 Å². The number of allylic oxidation sites excluding steroid dienone is 1. The zero-order valence-electron chi connectivity index (χ0n) is 12.7. The Hall–Kier alpha value is -1.56. The number of benzene rings is 1. The summed E-state index contributed by atoms with van der Waals surface area (Å²) in [5.41, 5.74) is 0. The van der Waals surface area contributed by atoms with E-state index in [0.717, 1.165) is 25.9 Å². The van der Waals surface area contributed by atoms with Gasteiger partial charge in [0.1, 0.15) is 0 Å². The van der Waals surface area contributed by atoms with Gasteiger partial charge in [0.2, 0.25) is 0 Å². The summed E-state index contributed by atoms with van der Waals surface area (Å²) in [4.78, 5) is 14.1. The van der Waals surface area contributed by atoms with Crippen molar-refractivity contribution in [1.29, 1.82) is 5.26 Å². The van der Waals surface area contributed by atoms with Gasteiger partial charge in [0.25, 0.3) is 0 Å². The van der Waals surface area contributed by atoms with Crippen LogP contribution in [-0.2, 0) is 4.79 Å². The number of amides is 1. The monoisotopic (exact) mass is 350 g/mol. The van der Waals surface area contributed by atoms with Crippen LogP contribution in [0.1, 0.15) is 33.1 Å². The van der Waals surface area contributed by atoms with E-state index < -0.39 is 0 Å². The van der Waals surface area contributed by atoms with Gasteiger partial charge in [-0.2, -0.15) is 0 Å². The Labute approximate surface area is 133 Å². The van der Waals surface area contributed by atoms with Crippen LogP contribution < -0.4 is 4.46 Å². The summed E-state index contributed by atoms with van der Waals surface area (Å²) < 4.78 is 2.43. The van der Waals surface area contributed by atoms with E-state index >= 15 is 0 Å². The molecule has 0 aromatic heterocycles. The molecular formula is C17H22N2OSe. The first-order chi connectivity index (χ1) is 10.2. The van der Waals surface area contributed by atoms with Gasteiger partial charge in [0, 0.05) is 0 Å².